The minimum Gasteiger partial charge on any atom is -0.481 e. The van der Waals surface area contributed by atoms with Crippen molar-refractivity contribution >= 4 is 15.8 Å². The van der Waals surface area contributed by atoms with Gasteiger partial charge in [-0.15, -0.1) is 0 Å². The Balaban J connectivity index is 2.78. The number of carbonyl (C=O) groups is 1. The van der Waals surface area contributed by atoms with Crippen LogP contribution in [0.5, 0.6) is 0 Å². The second kappa shape index (κ2) is 6.14. The van der Waals surface area contributed by atoms with E-state index in [-0.39, 0.29) is 5.75 Å². The molecule has 8 heteroatoms. The summed E-state index contributed by atoms with van der Waals surface area (Å²) in [6.07, 6.45) is 1.31. The van der Waals surface area contributed by atoms with Crippen LogP contribution >= 0.6 is 0 Å². The summed E-state index contributed by atoms with van der Waals surface area (Å²) in [4.78, 5) is 14.6. The first-order chi connectivity index (χ1) is 8.71. The van der Waals surface area contributed by atoms with E-state index in [2.05, 4.69) is 10.1 Å². The number of carboxylic acids is 1. The largest absolute Gasteiger partial charge is 0.481 e. The number of aliphatic carboxylic acids is 1. The van der Waals surface area contributed by atoms with Crippen LogP contribution < -0.4 is 0 Å². The van der Waals surface area contributed by atoms with Crippen molar-refractivity contribution in [2.24, 2.45) is 11.8 Å². The molecular formula is C11H19N3O4S. The van der Waals surface area contributed by atoms with Crippen molar-refractivity contribution in [2.75, 3.05) is 5.75 Å². The number of nitrogens with zero attached hydrogens (tertiary/aromatic N) is 3. The Bertz CT molecular complexity index is 536. The van der Waals surface area contributed by atoms with Crippen LogP contribution in [-0.4, -0.2) is 40.0 Å². The zero-order valence-corrected chi connectivity index (χ0v) is 12.1. The van der Waals surface area contributed by atoms with E-state index in [1.54, 1.807) is 4.68 Å². The van der Waals surface area contributed by atoms with Gasteiger partial charge in [0.15, 0.2) is 9.84 Å². The Labute approximate surface area is 112 Å². The van der Waals surface area contributed by atoms with Gasteiger partial charge < -0.3 is 5.11 Å². The first-order valence-electron chi connectivity index (χ1n) is 6.01. The lowest BCUT2D eigenvalue weighted by molar-refractivity contribution is -0.140. The number of hydrogen-bond acceptors (Lipinski definition) is 5. The van der Waals surface area contributed by atoms with E-state index in [0.29, 0.717) is 18.3 Å². The molecule has 1 heterocycles. The SMILES string of the molecule is CC(C)Cn1ncnc1CS(=O)(=O)CC(C)C(=O)O. The van der Waals surface area contributed by atoms with Crippen molar-refractivity contribution in [3.05, 3.63) is 12.2 Å². The van der Waals surface area contributed by atoms with Gasteiger partial charge in [0.25, 0.3) is 0 Å². The highest BCUT2D eigenvalue weighted by atomic mass is 32.2. The third-order valence-electron chi connectivity index (χ3n) is 2.51. The summed E-state index contributed by atoms with van der Waals surface area (Å²) >= 11 is 0. The third-order valence-corrected chi connectivity index (χ3v) is 4.21. The minimum absolute atomic E-state index is 0.280. The van der Waals surface area contributed by atoms with Gasteiger partial charge in [-0.25, -0.2) is 18.1 Å². The Morgan fingerprint density at radius 1 is 1.42 bits per heavy atom. The summed E-state index contributed by atoms with van der Waals surface area (Å²) in [5.74, 6) is -2.04. The van der Waals surface area contributed by atoms with E-state index in [9.17, 15) is 13.2 Å². The molecule has 1 aromatic rings. The van der Waals surface area contributed by atoms with Gasteiger partial charge in [-0.2, -0.15) is 5.10 Å². The van der Waals surface area contributed by atoms with Crippen molar-refractivity contribution in [3.63, 3.8) is 0 Å². The van der Waals surface area contributed by atoms with E-state index in [0.717, 1.165) is 0 Å². The van der Waals surface area contributed by atoms with Gasteiger partial charge in [0.05, 0.1) is 11.7 Å². The Hall–Kier alpha value is -1.44. The second-order valence-corrected chi connectivity index (χ2v) is 7.16. The highest BCUT2D eigenvalue weighted by Crippen LogP contribution is 2.09. The smallest absolute Gasteiger partial charge is 0.307 e. The van der Waals surface area contributed by atoms with E-state index < -0.39 is 27.5 Å². The molecule has 1 N–H and O–H groups in total. The number of rotatable bonds is 7. The van der Waals surface area contributed by atoms with Gasteiger partial charge in [0, 0.05) is 6.54 Å². The maximum atomic E-state index is 11.9. The molecule has 0 bridgehead atoms. The van der Waals surface area contributed by atoms with Crippen LogP contribution in [0.25, 0.3) is 0 Å². The third kappa shape index (κ3) is 4.98. The number of aromatic nitrogens is 3. The monoisotopic (exact) mass is 289 g/mol. The first-order valence-corrected chi connectivity index (χ1v) is 7.83. The summed E-state index contributed by atoms with van der Waals surface area (Å²) in [6, 6.07) is 0. The summed E-state index contributed by atoms with van der Waals surface area (Å²) in [5.41, 5.74) is 0. The molecule has 7 nitrogen and oxygen atoms in total. The number of hydrogen-bond donors (Lipinski definition) is 1. The standard InChI is InChI=1S/C11H19N3O4S/c1-8(2)4-14-10(12-7-13-14)6-19(17,18)5-9(3)11(15)16/h7-9H,4-6H2,1-3H3,(H,15,16). The molecule has 0 saturated heterocycles. The lowest BCUT2D eigenvalue weighted by Crippen LogP contribution is -2.23. The molecule has 0 amide bonds. The van der Waals surface area contributed by atoms with Gasteiger partial charge >= 0.3 is 5.97 Å². The zero-order chi connectivity index (χ0) is 14.6. The molecule has 0 aliphatic heterocycles. The van der Waals surface area contributed by atoms with E-state index in [1.807, 2.05) is 13.8 Å². The van der Waals surface area contributed by atoms with Crippen molar-refractivity contribution < 1.29 is 18.3 Å². The molecule has 0 radical (unpaired) electrons. The van der Waals surface area contributed by atoms with Crippen molar-refractivity contribution in [1.82, 2.24) is 14.8 Å². The summed E-state index contributed by atoms with van der Waals surface area (Å²) in [6.45, 7) is 5.94. The molecule has 108 valence electrons. The molecule has 0 aromatic carbocycles. The van der Waals surface area contributed by atoms with E-state index >= 15 is 0 Å². The molecule has 0 aliphatic carbocycles. The molecule has 19 heavy (non-hydrogen) atoms. The van der Waals surface area contributed by atoms with Gasteiger partial charge in [0.1, 0.15) is 17.9 Å². The Kier molecular flexibility index (Phi) is 5.04. The van der Waals surface area contributed by atoms with Crippen LogP contribution in [0.1, 0.15) is 26.6 Å². The molecule has 1 aromatic heterocycles. The molecule has 1 rings (SSSR count). The van der Waals surface area contributed by atoms with Crippen LogP contribution in [0.4, 0.5) is 0 Å². The minimum atomic E-state index is -3.51. The summed E-state index contributed by atoms with van der Waals surface area (Å²) < 4.78 is 25.4. The first kappa shape index (κ1) is 15.6. The predicted octanol–water partition coefficient (Wildman–Crippen LogP) is 0.570. The van der Waals surface area contributed by atoms with Gasteiger partial charge in [-0.05, 0) is 5.92 Å². The molecular weight excluding hydrogens is 270 g/mol. The fourth-order valence-corrected chi connectivity index (χ4v) is 3.25. The van der Waals surface area contributed by atoms with Crippen LogP contribution in [0.3, 0.4) is 0 Å². The fourth-order valence-electron chi connectivity index (χ4n) is 1.61. The van der Waals surface area contributed by atoms with E-state index in [4.69, 9.17) is 5.11 Å². The highest BCUT2D eigenvalue weighted by molar-refractivity contribution is 7.90. The molecule has 1 atom stereocenters. The summed E-state index contributed by atoms with van der Waals surface area (Å²) in [7, 11) is -3.51. The predicted molar refractivity (Wildman–Crippen MR) is 69.2 cm³/mol. The van der Waals surface area contributed by atoms with Crippen molar-refractivity contribution in [3.8, 4) is 0 Å². The topological polar surface area (TPSA) is 102 Å². The molecule has 1 unspecified atom stereocenters. The lowest BCUT2D eigenvalue weighted by atomic mass is 10.2. The normalized spacial score (nSPS) is 13.7. The lowest BCUT2D eigenvalue weighted by Gasteiger charge is -2.10. The van der Waals surface area contributed by atoms with Crippen LogP contribution in [0.15, 0.2) is 6.33 Å². The van der Waals surface area contributed by atoms with Crippen LogP contribution in [-0.2, 0) is 26.9 Å². The highest BCUT2D eigenvalue weighted by Gasteiger charge is 2.23. The average Bonchev–Trinajstić information content (AvgIpc) is 2.63. The number of carboxylic acid groups (broad SMARTS) is 1. The maximum absolute atomic E-state index is 11.9. The molecule has 0 spiro atoms. The van der Waals surface area contributed by atoms with Crippen molar-refractivity contribution in [1.29, 1.82) is 0 Å². The quantitative estimate of drug-likeness (QED) is 0.787. The summed E-state index contributed by atoms with van der Waals surface area (Å²) in [5, 5.41) is 12.7. The van der Waals surface area contributed by atoms with Crippen LogP contribution in [0.2, 0.25) is 0 Å². The second-order valence-electron chi connectivity index (χ2n) is 5.05. The number of sulfone groups is 1. The van der Waals surface area contributed by atoms with Gasteiger partial charge in [0.2, 0.25) is 0 Å². The molecule has 0 fully saturated rings. The Morgan fingerprint density at radius 3 is 2.58 bits per heavy atom. The molecule has 0 saturated carbocycles. The molecule has 0 aliphatic rings. The fraction of sp³-hybridized carbons (Fsp3) is 0.727. The van der Waals surface area contributed by atoms with Crippen LogP contribution in [0, 0.1) is 11.8 Å². The zero-order valence-electron chi connectivity index (χ0n) is 11.3. The van der Waals surface area contributed by atoms with Gasteiger partial charge in [-0.1, -0.05) is 20.8 Å². The maximum Gasteiger partial charge on any atom is 0.307 e. The van der Waals surface area contributed by atoms with Gasteiger partial charge in [-0.3, -0.25) is 4.79 Å². The van der Waals surface area contributed by atoms with Crippen molar-refractivity contribution in [2.45, 2.75) is 33.1 Å². The average molecular weight is 289 g/mol. The Morgan fingerprint density at radius 2 is 2.05 bits per heavy atom. The van der Waals surface area contributed by atoms with E-state index in [1.165, 1.54) is 13.3 Å².